The molecule has 1 aromatic carbocycles. The molecule has 3 nitrogen and oxygen atoms in total. The lowest BCUT2D eigenvalue weighted by Crippen LogP contribution is -2.11. The second-order valence-corrected chi connectivity index (χ2v) is 4.76. The van der Waals surface area contributed by atoms with Gasteiger partial charge in [0.25, 0.3) is 0 Å². The van der Waals surface area contributed by atoms with E-state index < -0.39 is 0 Å². The van der Waals surface area contributed by atoms with Gasteiger partial charge in [-0.3, -0.25) is 0 Å². The Labute approximate surface area is 109 Å². The molecule has 0 unspecified atom stereocenters. The molecule has 96 valence electrons. The zero-order chi connectivity index (χ0) is 13.0. The van der Waals surface area contributed by atoms with Crippen LogP contribution in [-0.2, 0) is 6.54 Å². The van der Waals surface area contributed by atoms with Crippen molar-refractivity contribution in [2.75, 3.05) is 6.54 Å². The summed E-state index contributed by atoms with van der Waals surface area (Å²) in [5.41, 5.74) is 2.49. The molecular formula is C15H21N3. The lowest BCUT2D eigenvalue weighted by molar-refractivity contribution is 0.725. The summed E-state index contributed by atoms with van der Waals surface area (Å²) in [6, 6.07) is 8.64. The van der Waals surface area contributed by atoms with Gasteiger partial charge in [-0.2, -0.15) is 0 Å². The molecule has 18 heavy (non-hydrogen) atoms. The number of benzene rings is 1. The standard InChI is InChI=1S/C15H21N3/c1-4-16-11-13-5-7-14(8-6-13)18-10-9-17-15(18)12(2)3/h5-10,12,16H,4,11H2,1-3H3. The van der Waals surface area contributed by atoms with Crippen LogP contribution in [0.1, 0.15) is 38.1 Å². The molecule has 0 saturated heterocycles. The van der Waals surface area contributed by atoms with Crippen LogP contribution in [0.3, 0.4) is 0 Å². The van der Waals surface area contributed by atoms with Gasteiger partial charge in [-0.1, -0.05) is 32.9 Å². The van der Waals surface area contributed by atoms with Gasteiger partial charge in [0.15, 0.2) is 0 Å². The maximum Gasteiger partial charge on any atom is 0.115 e. The van der Waals surface area contributed by atoms with Crippen LogP contribution in [-0.4, -0.2) is 16.1 Å². The monoisotopic (exact) mass is 243 g/mol. The Morgan fingerprint density at radius 2 is 1.94 bits per heavy atom. The highest BCUT2D eigenvalue weighted by Gasteiger charge is 2.08. The SMILES string of the molecule is CCNCc1ccc(-n2ccnc2C(C)C)cc1. The van der Waals surface area contributed by atoms with E-state index in [9.17, 15) is 0 Å². The third-order valence-electron chi connectivity index (χ3n) is 2.98. The van der Waals surface area contributed by atoms with Gasteiger partial charge in [0, 0.05) is 30.5 Å². The molecule has 0 aliphatic carbocycles. The van der Waals surface area contributed by atoms with Gasteiger partial charge < -0.3 is 9.88 Å². The van der Waals surface area contributed by atoms with Crippen LogP contribution in [0.4, 0.5) is 0 Å². The van der Waals surface area contributed by atoms with Gasteiger partial charge in [0.2, 0.25) is 0 Å². The normalized spacial score (nSPS) is 11.1. The second-order valence-electron chi connectivity index (χ2n) is 4.76. The molecule has 1 aromatic heterocycles. The van der Waals surface area contributed by atoms with Gasteiger partial charge in [-0.05, 0) is 24.2 Å². The minimum atomic E-state index is 0.432. The van der Waals surface area contributed by atoms with Crippen LogP contribution in [0.2, 0.25) is 0 Å². The minimum absolute atomic E-state index is 0.432. The number of nitrogens with zero attached hydrogens (tertiary/aromatic N) is 2. The fraction of sp³-hybridized carbons (Fsp3) is 0.400. The van der Waals surface area contributed by atoms with E-state index in [1.165, 1.54) is 11.3 Å². The molecule has 0 fully saturated rings. The zero-order valence-corrected chi connectivity index (χ0v) is 11.4. The smallest absolute Gasteiger partial charge is 0.115 e. The minimum Gasteiger partial charge on any atom is -0.313 e. The molecule has 1 heterocycles. The van der Waals surface area contributed by atoms with E-state index in [0.717, 1.165) is 18.9 Å². The van der Waals surface area contributed by atoms with Crippen molar-refractivity contribution < 1.29 is 0 Å². The number of hydrogen-bond acceptors (Lipinski definition) is 2. The summed E-state index contributed by atoms with van der Waals surface area (Å²) in [4.78, 5) is 4.41. The van der Waals surface area contributed by atoms with Crippen LogP contribution in [0, 0.1) is 0 Å². The molecular weight excluding hydrogens is 222 g/mol. The predicted molar refractivity (Wildman–Crippen MR) is 75.0 cm³/mol. The van der Waals surface area contributed by atoms with Crippen molar-refractivity contribution in [3.8, 4) is 5.69 Å². The Morgan fingerprint density at radius 1 is 1.22 bits per heavy atom. The number of hydrogen-bond donors (Lipinski definition) is 1. The number of nitrogens with one attached hydrogen (secondary N) is 1. The third-order valence-corrected chi connectivity index (χ3v) is 2.98. The highest BCUT2D eigenvalue weighted by Crippen LogP contribution is 2.17. The summed E-state index contributed by atoms with van der Waals surface area (Å²) in [6.07, 6.45) is 3.89. The predicted octanol–water partition coefficient (Wildman–Crippen LogP) is 3.11. The molecule has 0 radical (unpaired) electrons. The Balaban J connectivity index is 2.21. The van der Waals surface area contributed by atoms with Crippen LogP contribution >= 0.6 is 0 Å². The largest absolute Gasteiger partial charge is 0.313 e. The van der Waals surface area contributed by atoms with Crippen LogP contribution in [0.25, 0.3) is 5.69 Å². The van der Waals surface area contributed by atoms with Crippen molar-refractivity contribution in [2.24, 2.45) is 0 Å². The fourth-order valence-electron chi connectivity index (χ4n) is 2.00. The van der Waals surface area contributed by atoms with E-state index >= 15 is 0 Å². The van der Waals surface area contributed by atoms with Gasteiger partial charge in [-0.15, -0.1) is 0 Å². The summed E-state index contributed by atoms with van der Waals surface area (Å²) in [7, 11) is 0. The van der Waals surface area contributed by atoms with Gasteiger partial charge >= 0.3 is 0 Å². The van der Waals surface area contributed by atoms with Crippen molar-refractivity contribution in [3.63, 3.8) is 0 Å². The highest BCUT2D eigenvalue weighted by atomic mass is 15.1. The first-order chi connectivity index (χ1) is 8.72. The lowest BCUT2D eigenvalue weighted by atomic mass is 10.1. The van der Waals surface area contributed by atoms with Crippen molar-refractivity contribution in [1.29, 1.82) is 0 Å². The molecule has 3 heteroatoms. The molecule has 1 N–H and O–H groups in total. The Kier molecular flexibility index (Phi) is 4.15. The molecule has 0 spiro atoms. The van der Waals surface area contributed by atoms with Crippen LogP contribution in [0.15, 0.2) is 36.7 Å². The van der Waals surface area contributed by atoms with E-state index in [2.05, 4.69) is 59.9 Å². The molecule has 0 saturated carbocycles. The molecule has 2 rings (SSSR count). The average Bonchev–Trinajstić information content (AvgIpc) is 2.86. The van der Waals surface area contributed by atoms with Crippen molar-refractivity contribution in [1.82, 2.24) is 14.9 Å². The summed E-state index contributed by atoms with van der Waals surface area (Å²) in [5.74, 6) is 1.54. The lowest BCUT2D eigenvalue weighted by Gasteiger charge is -2.11. The van der Waals surface area contributed by atoms with Crippen molar-refractivity contribution >= 4 is 0 Å². The van der Waals surface area contributed by atoms with E-state index in [-0.39, 0.29) is 0 Å². The maximum absolute atomic E-state index is 4.41. The number of rotatable bonds is 5. The summed E-state index contributed by atoms with van der Waals surface area (Å²) in [5, 5.41) is 3.33. The Morgan fingerprint density at radius 3 is 2.56 bits per heavy atom. The number of imidazole rings is 1. The van der Waals surface area contributed by atoms with E-state index in [1.807, 2.05) is 12.4 Å². The zero-order valence-electron chi connectivity index (χ0n) is 11.4. The van der Waals surface area contributed by atoms with Crippen LogP contribution in [0.5, 0.6) is 0 Å². The molecule has 0 aliphatic heterocycles. The highest BCUT2D eigenvalue weighted by molar-refractivity contribution is 5.36. The third kappa shape index (κ3) is 2.79. The van der Waals surface area contributed by atoms with Gasteiger partial charge in [0.1, 0.15) is 5.82 Å². The summed E-state index contributed by atoms with van der Waals surface area (Å²) < 4.78 is 2.15. The van der Waals surface area contributed by atoms with Crippen molar-refractivity contribution in [2.45, 2.75) is 33.2 Å². The molecule has 0 atom stereocenters. The fourth-order valence-corrected chi connectivity index (χ4v) is 2.00. The molecule has 2 aromatic rings. The van der Waals surface area contributed by atoms with Gasteiger partial charge in [-0.25, -0.2) is 4.98 Å². The van der Waals surface area contributed by atoms with Gasteiger partial charge in [0.05, 0.1) is 0 Å². The molecule has 0 amide bonds. The molecule has 0 aliphatic rings. The average molecular weight is 243 g/mol. The van der Waals surface area contributed by atoms with Crippen LogP contribution < -0.4 is 5.32 Å². The summed E-state index contributed by atoms with van der Waals surface area (Å²) >= 11 is 0. The first kappa shape index (κ1) is 12.8. The molecule has 0 bridgehead atoms. The Bertz CT molecular complexity index is 483. The second kappa shape index (κ2) is 5.83. The topological polar surface area (TPSA) is 29.9 Å². The van der Waals surface area contributed by atoms with E-state index in [1.54, 1.807) is 0 Å². The number of aromatic nitrogens is 2. The maximum atomic E-state index is 4.41. The first-order valence-electron chi connectivity index (χ1n) is 6.55. The Hall–Kier alpha value is -1.61. The quantitative estimate of drug-likeness (QED) is 0.874. The summed E-state index contributed by atoms with van der Waals surface area (Å²) in [6.45, 7) is 8.38. The van der Waals surface area contributed by atoms with Crippen molar-refractivity contribution in [3.05, 3.63) is 48.0 Å². The van der Waals surface area contributed by atoms with E-state index in [0.29, 0.717) is 5.92 Å². The first-order valence-corrected chi connectivity index (χ1v) is 6.55. The van der Waals surface area contributed by atoms with E-state index in [4.69, 9.17) is 0 Å².